The minimum atomic E-state index is -0.334. The summed E-state index contributed by atoms with van der Waals surface area (Å²) in [5.41, 5.74) is 4.09. The quantitative estimate of drug-likeness (QED) is 0.706. The summed E-state index contributed by atoms with van der Waals surface area (Å²) in [4.78, 5) is 30.7. The topological polar surface area (TPSA) is 59.1 Å². The van der Waals surface area contributed by atoms with Gasteiger partial charge in [0.15, 0.2) is 0 Å². The van der Waals surface area contributed by atoms with E-state index in [1.54, 1.807) is 13.2 Å². The molecule has 2 atom stereocenters. The lowest BCUT2D eigenvalue weighted by atomic mass is 10.0. The molecule has 2 aliphatic heterocycles. The van der Waals surface area contributed by atoms with Crippen molar-refractivity contribution in [2.75, 3.05) is 25.1 Å². The Bertz CT molecular complexity index is 1050. The number of aryl methyl sites for hydroxylation is 2. The third-order valence-corrected chi connectivity index (χ3v) is 5.71. The standard InChI is InChI=1S/C25H28N2O4/c1-15-6-9-19(10-7-15)22-23(26-13-17(3)31-18(4)14-26)25(29)27(24(22)28)20-12-16(2)8-11-21(20)30-5/h6-12,17-18H,13-14H2,1-5H3. The third-order valence-electron chi connectivity index (χ3n) is 5.71. The van der Waals surface area contributed by atoms with Crippen molar-refractivity contribution in [2.24, 2.45) is 0 Å². The highest BCUT2D eigenvalue weighted by Gasteiger charge is 2.44. The Hall–Kier alpha value is -3.12. The van der Waals surface area contributed by atoms with E-state index in [0.29, 0.717) is 35.8 Å². The number of hydrogen-bond acceptors (Lipinski definition) is 5. The van der Waals surface area contributed by atoms with Crippen molar-refractivity contribution < 1.29 is 19.1 Å². The molecule has 0 saturated carbocycles. The number of methoxy groups -OCH3 is 1. The summed E-state index contributed by atoms with van der Waals surface area (Å²) >= 11 is 0. The van der Waals surface area contributed by atoms with Crippen LogP contribution in [0.5, 0.6) is 5.75 Å². The Balaban J connectivity index is 1.87. The molecular weight excluding hydrogens is 392 g/mol. The van der Waals surface area contributed by atoms with E-state index in [1.165, 1.54) is 4.90 Å². The molecule has 2 aliphatic rings. The Morgan fingerprint density at radius 1 is 0.903 bits per heavy atom. The lowest BCUT2D eigenvalue weighted by Gasteiger charge is -2.37. The lowest BCUT2D eigenvalue weighted by Crippen LogP contribution is -2.47. The Labute approximate surface area is 183 Å². The van der Waals surface area contributed by atoms with Crippen molar-refractivity contribution in [3.8, 4) is 5.75 Å². The van der Waals surface area contributed by atoms with Gasteiger partial charge in [-0.15, -0.1) is 0 Å². The van der Waals surface area contributed by atoms with Crippen molar-refractivity contribution in [2.45, 2.75) is 39.9 Å². The molecular formula is C25H28N2O4. The van der Waals surface area contributed by atoms with Crippen LogP contribution in [0.4, 0.5) is 5.69 Å². The average Bonchev–Trinajstić information content (AvgIpc) is 2.98. The van der Waals surface area contributed by atoms with Gasteiger partial charge in [0.25, 0.3) is 11.8 Å². The van der Waals surface area contributed by atoms with Gasteiger partial charge in [-0.25, -0.2) is 4.90 Å². The highest BCUT2D eigenvalue weighted by molar-refractivity contribution is 6.45. The van der Waals surface area contributed by atoms with Crippen molar-refractivity contribution in [3.05, 3.63) is 64.9 Å². The van der Waals surface area contributed by atoms with Crippen molar-refractivity contribution in [3.63, 3.8) is 0 Å². The van der Waals surface area contributed by atoms with Crippen LogP contribution in [0.25, 0.3) is 5.57 Å². The number of ether oxygens (including phenoxy) is 2. The Morgan fingerprint density at radius 3 is 2.13 bits per heavy atom. The van der Waals surface area contributed by atoms with E-state index in [4.69, 9.17) is 9.47 Å². The van der Waals surface area contributed by atoms with Crippen LogP contribution in [-0.2, 0) is 14.3 Å². The molecule has 0 aliphatic carbocycles. The highest BCUT2D eigenvalue weighted by atomic mass is 16.5. The first-order valence-electron chi connectivity index (χ1n) is 10.5. The minimum absolute atomic E-state index is 0.0408. The predicted octanol–water partition coefficient (Wildman–Crippen LogP) is 3.71. The van der Waals surface area contributed by atoms with Gasteiger partial charge in [0.05, 0.1) is 30.6 Å². The normalized spacial score (nSPS) is 21.8. The second-order valence-corrected chi connectivity index (χ2v) is 8.37. The van der Waals surface area contributed by atoms with E-state index in [0.717, 1.165) is 16.7 Å². The van der Waals surface area contributed by atoms with Gasteiger partial charge in [-0.2, -0.15) is 0 Å². The van der Waals surface area contributed by atoms with Crippen LogP contribution in [0.15, 0.2) is 48.2 Å². The second-order valence-electron chi connectivity index (χ2n) is 8.37. The summed E-state index contributed by atoms with van der Waals surface area (Å²) in [6.45, 7) is 8.99. The molecule has 6 heteroatoms. The molecule has 0 radical (unpaired) electrons. The molecule has 162 valence electrons. The number of hydrogen-bond donors (Lipinski definition) is 0. The number of anilines is 1. The molecule has 1 fully saturated rings. The van der Waals surface area contributed by atoms with Gasteiger partial charge in [0.2, 0.25) is 0 Å². The predicted molar refractivity (Wildman–Crippen MR) is 120 cm³/mol. The molecule has 4 rings (SSSR count). The molecule has 2 amide bonds. The summed E-state index contributed by atoms with van der Waals surface area (Å²) in [5, 5.41) is 0. The number of benzene rings is 2. The maximum atomic E-state index is 13.8. The van der Waals surface area contributed by atoms with Gasteiger partial charge in [0.1, 0.15) is 11.4 Å². The van der Waals surface area contributed by atoms with Gasteiger partial charge >= 0.3 is 0 Å². The first kappa shape index (κ1) is 21.1. The van der Waals surface area contributed by atoms with Crippen LogP contribution in [0.1, 0.15) is 30.5 Å². The minimum Gasteiger partial charge on any atom is -0.495 e. The summed E-state index contributed by atoms with van der Waals surface area (Å²) in [5.74, 6) is -0.175. The lowest BCUT2D eigenvalue weighted by molar-refractivity contribution is -0.121. The van der Waals surface area contributed by atoms with Crippen molar-refractivity contribution >= 4 is 23.1 Å². The fourth-order valence-corrected chi connectivity index (χ4v) is 4.35. The molecule has 6 nitrogen and oxygen atoms in total. The number of rotatable bonds is 4. The molecule has 31 heavy (non-hydrogen) atoms. The third kappa shape index (κ3) is 3.83. The second kappa shape index (κ2) is 8.19. The number of nitrogens with zero attached hydrogens (tertiary/aromatic N) is 2. The number of carbonyl (C=O) groups excluding carboxylic acids is 2. The van der Waals surface area contributed by atoms with E-state index in [2.05, 4.69) is 0 Å². The molecule has 2 aromatic carbocycles. The zero-order valence-corrected chi connectivity index (χ0v) is 18.6. The van der Waals surface area contributed by atoms with Crippen LogP contribution in [0, 0.1) is 13.8 Å². The van der Waals surface area contributed by atoms with Crippen LogP contribution in [0.3, 0.4) is 0 Å². The monoisotopic (exact) mass is 420 g/mol. The van der Waals surface area contributed by atoms with E-state index in [9.17, 15) is 9.59 Å². The summed E-state index contributed by atoms with van der Waals surface area (Å²) < 4.78 is 11.3. The fraction of sp³-hybridized carbons (Fsp3) is 0.360. The smallest absolute Gasteiger partial charge is 0.282 e. The summed E-state index contributed by atoms with van der Waals surface area (Å²) in [7, 11) is 1.54. The molecule has 2 heterocycles. The average molecular weight is 421 g/mol. The largest absolute Gasteiger partial charge is 0.495 e. The van der Waals surface area contributed by atoms with Crippen molar-refractivity contribution in [1.29, 1.82) is 0 Å². The molecule has 2 aromatic rings. The van der Waals surface area contributed by atoms with E-state index < -0.39 is 0 Å². The molecule has 2 unspecified atom stereocenters. The van der Waals surface area contributed by atoms with E-state index >= 15 is 0 Å². The first-order valence-corrected chi connectivity index (χ1v) is 10.5. The van der Waals surface area contributed by atoms with Gasteiger partial charge in [-0.3, -0.25) is 9.59 Å². The molecule has 0 aromatic heterocycles. The highest BCUT2D eigenvalue weighted by Crippen LogP contribution is 2.39. The SMILES string of the molecule is COc1ccc(C)cc1N1C(=O)C(c2ccc(C)cc2)=C(N2CC(C)OC(C)C2)C1=O. The van der Waals surface area contributed by atoms with Crippen LogP contribution in [0.2, 0.25) is 0 Å². The van der Waals surface area contributed by atoms with Crippen LogP contribution in [-0.4, -0.2) is 49.1 Å². The van der Waals surface area contributed by atoms with Gasteiger partial charge < -0.3 is 14.4 Å². The van der Waals surface area contributed by atoms with Crippen LogP contribution >= 0.6 is 0 Å². The number of morpholine rings is 1. The Kier molecular flexibility index (Phi) is 5.58. The van der Waals surface area contributed by atoms with Crippen molar-refractivity contribution in [1.82, 2.24) is 4.90 Å². The maximum absolute atomic E-state index is 13.8. The zero-order chi connectivity index (χ0) is 22.3. The van der Waals surface area contributed by atoms with E-state index in [1.807, 2.05) is 69.0 Å². The molecule has 0 spiro atoms. The number of imide groups is 1. The fourth-order valence-electron chi connectivity index (χ4n) is 4.35. The summed E-state index contributed by atoms with van der Waals surface area (Å²) in [6, 6.07) is 13.2. The number of carbonyl (C=O) groups is 2. The maximum Gasteiger partial charge on any atom is 0.282 e. The molecule has 1 saturated heterocycles. The molecule has 0 bridgehead atoms. The van der Waals surface area contributed by atoms with E-state index in [-0.39, 0.29) is 24.0 Å². The number of amides is 2. The van der Waals surface area contributed by atoms with Gasteiger partial charge in [-0.05, 0) is 51.0 Å². The molecule has 0 N–H and O–H groups in total. The summed E-state index contributed by atoms with van der Waals surface area (Å²) in [6.07, 6.45) is -0.0815. The van der Waals surface area contributed by atoms with Gasteiger partial charge in [0, 0.05) is 13.1 Å². The Morgan fingerprint density at radius 2 is 1.52 bits per heavy atom. The zero-order valence-electron chi connectivity index (χ0n) is 18.6. The van der Waals surface area contributed by atoms with Gasteiger partial charge in [-0.1, -0.05) is 35.9 Å². The first-order chi connectivity index (χ1) is 14.8. The van der Waals surface area contributed by atoms with Crippen LogP contribution < -0.4 is 9.64 Å².